The molecule has 1 spiro atoms. The van der Waals surface area contributed by atoms with Crippen LogP contribution in [0.3, 0.4) is 0 Å². The van der Waals surface area contributed by atoms with E-state index < -0.39 is 5.60 Å². The van der Waals surface area contributed by atoms with E-state index in [4.69, 9.17) is 21.0 Å². The second-order valence-electron chi connectivity index (χ2n) is 11.0. The molecule has 3 aliphatic rings. The number of nitrogens with zero attached hydrogens (tertiary/aromatic N) is 4. The molecule has 5 rings (SSSR count). The predicted molar refractivity (Wildman–Crippen MR) is 135 cm³/mol. The Balaban J connectivity index is 1.48. The molecule has 1 aromatic heterocycles. The summed E-state index contributed by atoms with van der Waals surface area (Å²) in [4.78, 5) is 25.2. The van der Waals surface area contributed by atoms with Gasteiger partial charge in [0.15, 0.2) is 0 Å². The van der Waals surface area contributed by atoms with Gasteiger partial charge in [-0.15, -0.1) is 0 Å². The van der Waals surface area contributed by atoms with E-state index in [1.165, 1.54) is 6.07 Å². The van der Waals surface area contributed by atoms with E-state index in [2.05, 4.69) is 15.1 Å². The van der Waals surface area contributed by atoms with Crippen LogP contribution in [0, 0.1) is 17.8 Å². The number of carbonyl (C=O) groups excluding carboxylic acids is 1. The summed E-state index contributed by atoms with van der Waals surface area (Å²) in [5.74, 6) is 0.751. The number of likely N-dealkylation sites (tertiary alicyclic amines) is 1. The zero-order chi connectivity index (χ0) is 25.7. The highest BCUT2D eigenvalue weighted by Crippen LogP contribution is 2.48. The van der Waals surface area contributed by atoms with Gasteiger partial charge in [0, 0.05) is 43.7 Å². The van der Waals surface area contributed by atoms with Crippen LogP contribution >= 0.6 is 0 Å². The molecular weight excluding hydrogens is 461 g/mol. The third-order valence-corrected chi connectivity index (χ3v) is 7.18. The van der Waals surface area contributed by atoms with Crippen LogP contribution < -0.4 is 15.0 Å². The number of amides is 1. The number of ether oxygens (including phenoxy) is 2. The number of halogens is 1. The van der Waals surface area contributed by atoms with Crippen LogP contribution in [0.1, 0.15) is 38.4 Å². The van der Waals surface area contributed by atoms with Gasteiger partial charge in [-0.2, -0.15) is 0 Å². The summed E-state index contributed by atoms with van der Waals surface area (Å²) in [6, 6.07) is 4.64. The fourth-order valence-corrected chi connectivity index (χ4v) is 5.52. The van der Waals surface area contributed by atoms with Gasteiger partial charge in [0.05, 0.1) is 19.4 Å². The van der Waals surface area contributed by atoms with Gasteiger partial charge in [-0.05, 0) is 69.5 Å². The molecule has 36 heavy (non-hydrogen) atoms. The number of nitrogens with one attached hydrogen (secondary N) is 1. The maximum Gasteiger partial charge on any atom is 0.410 e. The predicted octanol–water partition coefficient (Wildman–Crippen LogP) is 4.54. The second kappa shape index (κ2) is 8.93. The first-order valence-corrected chi connectivity index (χ1v) is 12.3. The van der Waals surface area contributed by atoms with Crippen molar-refractivity contribution in [2.24, 2.45) is 5.41 Å². The van der Waals surface area contributed by atoms with Crippen molar-refractivity contribution in [1.82, 2.24) is 15.2 Å². The van der Waals surface area contributed by atoms with Crippen molar-refractivity contribution in [1.29, 1.82) is 0 Å². The Morgan fingerprint density at radius 2 is 2.06 bits per heavy atom. The SMILES string of the molecule is [C-]#[N+]c1c(N2CCC3(CN(C(=O)OC(C)(C)C)C3)C2)nc2c(c1-c1cc(OC)ccc1F)CCNC2. The molecule has 1 amide bonds. The van der Waals surface area contributed by atoms with Crippen molar-refractivity contribution >= 4 is 17.6 Å². The van der Waals surface area contributed by atoms with E-state index >= 15 is 4.39 Å². The summed E-state index contributed by atoms with van der Waals surface area (Å²) >= 11 is 0. The molecule has 190 valence electrons. The van der Waals surface area contributed by atoms with Crippen molar-refractivity contribution in [2.45, 2.75) is 45.8 Å². The summed E-state index contributed by atoms with van der Waals surface area (Å²) in [7, 11) is 1.55. The van der Waals surface area contributed by atoms with Crippen LogP contribution in [0.25, 0.3) is 16.0 Å². The molecule has 0 unspecified atom stereocenters. The van der Waals surface area contributed by atoms with Gasteiger partial charge in [-0.25, -0.2) is 19.0 Å². The average Bonchev–Trinajstić information content (AvgIpc) is 3.27. The highest BCUT2D eigenvalue weighted by Gasteiger charge is 2.51. The first kappa shape index (κ1) is 24.3. The molecule has 8 nitrogen and oxygen atoms in total. The Morgan fingerprint density at radius 3 is 2.75 bits per heavy atom. The summed E-state index contributed by atoms with van der Waals surface area (Å²) < 4.78 is 26.0. The maximum atomic E-state index is 15.2. The fraction of sp³-hybridized carbons (Fsp3) is 0.519. The highest BCUT2D eigenvalue weighted by molar-refractivity contribution is 5.90. The molecule has 3 aliphatic heterocycles. The van der Waals surface area contributed by atoms with Crippen LogP contribution in [0.15, 0.2) is 18.2 Å². The topological polar surface area (TPSA) is 71.3 Å². The average molecular weight is 494 g/mol. The summed E-state index contributed by atoms with van der Waals surface area (Å²) in [5.41, 5.74) is 2.56. The lowest BCUT2D eigenvalue weighted by molar-refractivity contribution is -0.0266. The molecule has 9 heteroatoms. The molecule has 0 atom stereocenters. The van der Waals surface area contributed by atoms with E-state index in [9.17, 15) is 4.79 Å². The molecule has 0 radical (unpaired) electrons. The van der Waals surface area contributed by atoms with Crippen LogP contribution in [0.2, 0.25) is 0 Å². The molecule has 0 bridgehead atoms. The Hall–Kier alpha value is -3.38. The largest absolute Gasteiger partial charge is 0.497 e. The summed E-state index contributed by atoms with van der Waals surface area (Å²) in [6.45, 7) is 17.6. The third-order valence-electron chi connectivity index (χ3n) is 7.18. The van der Waals surface area contributed by atoms with E-state index in [1.807, 2.05) is 20.8 Å². The van der Waals surface area contributed by atoms with Crippen LogP contribution in [0.5, 0.6) is 5.75 Å². The van der Waals surface area contributed by atoms with Gasteiger partial charge < -0.3 is 24.6 Å². The first-order chi connectivity index (χ1) is 17.1. The van der Waals surface area contributed by atoms with Gasteiger partial charge in [0.25, 0.3) is 0 Å². The Bertz CT molecular complexity index is 1240. The number of pyridine rings is 1. The lowest BCUT2D eigenvalue weighted by Crippen LogP contribution is -2.60. The summed E-state index contributed by atoms with van der Waals surface area (Å²) in [5, 5.41) is 3.35. The Morgan fingerprint density at radius 1 is 1.28 bits per heavy atom. The number of carbonyl (C=O) groups is 1. The number of benzene rings is 1. The first-order valence-electron chi connectivity index (χ1n) is 12.3. The van der Waals surface area contributed by atoms with Crippen molar-refractivity contribution in [3.05, 3.63) is 46.7 Å². The monoisotopic (exact) mass is 493 g/mol. The zero-order valence-corrected chi connectivity index (χ0v) is 21.3. The molecule has 1 N–H and O–H groups in total. The lowest BCUT2D eigenvalue weighted by Gasteiger charge is -2.47. The number of rotatable bonds is 3. The van der Waals surface area contributed by atoms with Gasteiger partial charge in [-0.1, -0.05) is 0 Å². The minimum atomic E-state index is -0.529. The van der Waals surface area contributed by atoms with Gasteiger partial charge in [-0.3, -0.25) is 0 Å². The standard InChI is InChI=1S/C27H32FN5O3/c1-26(2,3)36-25(34)33-15-27(16-33)9-11-32(14-27)24-23(29-4)22(18-8-10-30-13-21(18)31-24)19-12-17(35-5)6-7-20(19)28/h6-7,12,30H,8-11,13-16H2,1-3,5H3. The second-order valence-corrected chi connectivity index (χ2v) is 11.0. The highest BCUT2D eigenvalue weighted by atomic mass is 19.1. The summed E-state index contributed by atoms with van der Waals surface area (Å²) in [6.07, 6.45) is 1.28. The molecule has 1 aromatic carbocycles. The van der Waals surface area contributed by atoms with E-state index in [1.54, 1.807) is 24.1 Å². The minimum absolute atomic E-state index is 0.0482. The normalized spacial score (nSPS) is 18.4. The third kappa shape index (κ3) is 4.35. The number of hydrogen-bond donors (Lipinski definition) is 1. The van der Waals surface area contributed by atoms with Crippen LogP contribution in [0.4, 0.5) is 20.7 Å². The quantitative estimate of drug-likeness (QED) is 0.633. The van der Waals surface area contributed by atoms with Crippen molar-refractivity contribution in [3.63, 3.8) is 0 Å². The lowest BCUT2D eigenvalue weighted by atomic mass is 9.79. The van der Waals surface area contributed by atoms with E-state index in [0.717, 1.165) is 30.8 Å². The fourth-order valence-electron chi connectivity index (χ4n) is 5.52. The van der Waals surface area contributed by atoms with Gasteiger partial charge in [0.1, 0.15) is 23.0 Å². The molecule has 2 aromatic rings. The van der Waals surface area contributed by atoms with Gasteiger partial charge in [0.2, 0.25) is 5.69 Å². The van der Waals surface area contributed by atoms with Gasteiger partial charge >= 0.3 is 6.09 Å². The number of aromatic nitrogens is 1. The zero-order valence-electron chi connectivity index (χ0n) is 21.3. The molecule has 4 heterocycles. The van der Waals surface area contributed by atoms with Crippen LogP contribution in [-0.4, -0.2) is 61.4 Å². The minimum Gasteiger partial charge on any atom is -0.497 e. The molecule has 0 aliphatic carbocycles. The molecule has 0 saturated carbocycles. The van der Waals surface area contributed by atoms with Crippen molar-refractivity contribution in [2.75, 3.05) is 44.7 Å². The molecular formula is C27H32FN5O3. The molecule has 2 saturated heterocycles. The maximum absolute atomic E-state index is 15.2. The van der Waals surface area contributed by atoms with Crippen LogP contribution in [-0.2, 0) is 17.7 Å². The number of methoxy groups -OCH3 is 1. The Kier molecular flexibility index (Phi) is 6.03. The number of hydrogen-bond acceptors (Lipinski definition) is 6. The Labute approximate surface area is 211 Å². The van der Waals surface area contributed by atoms with E-state index in [-0.39, 0.29) is 17.3 Å². The smallest absolute Gasteiger partial charge is 0.410 e. The van der Waals surface area contributed by atoms with Crippen molar-refractivity contribution < 1.29 is 18.7 Å². The number of anilines is 1. The van der Waals surface area contributed by atoms with E-state index in [0.29, 0.717) is 61.0 Å². The number of fused-ring (bicyclic) bond motifs is 1. The molecule has 2 fully saturated rings. The van der Waals surface area contributed by atoms with Crippen molar-refractivity contribution in [3.8, 4) is 16.9 Å².